The van der Waals surface area contributed by atoms with Crippen LogP contribution >= 0.6 is 23.1 Å². The Kier molecular flexibility index (Phi) is 5.24. The molecule has 2 aromatic carbocycles. The number of thiazole rings is 1. The van der Waals surface area contributed by atoms with Crippen LogP contribution in [0, 0.1) is 0 Å². The number of fused-ring (bicyclic) bond motifs is 4. The average molecular weight is 423 g/mol. The molecule has 0 fully saturated rings. The Morgan fingerprint density at radius 2 is 2.03 bits per heavy atom. The van der Waals surface area contributed by atoms with Crippen LogP contribution in [0.2, 0.25) is 0 Å². The molecule has 4 aromatic rings. The minimum atomic E-state index is 0.0104. The van der Waals surface area contributed by atoms with Crippen LogP contribution in [0.4, 0.5) is 5.69 Å². The number of aryl methyl sites for hydroxylation is 2. The summed E-state index contributed by atoms with van der Waals surface area (Å²) in [4.78, 5) is 21.8. The molecule has 148 valence electrons. The second-order valence-electron chi connectivity index (χ2n) is 7.31. The Morgan fingerprint density at radius 3 is 2.97 bits per heavy atom. The van der Waals surface area contributed by atoms with Crippen LogP contribution in [0.25, 0.3) is 21.3 Å². The number of hydrogen-bond acceptors (Lipinski definition) is 5. The Labute approximate surface area is 177 Å². The predicted molar refractivity (Wildman–Crippen MR) is 122 cm³/mol. The first kappa shape index (κ1) is 18.6. The standard InChI is InChI=1S/C22H22N4OS2/c27-21(13-28-14-22-25-16-6-3-4-7-19(16)29-22)23-15-9-10-18-17(12-15)24-20-8-2-1-5-11-26(18)20/h3-4,6-7,9-10,12H,1-2,5,8,11,13-14H2,(H,23,27). The first-order chi connectivity index (χ1) is 14.3. The minimum absolute atomic E-state index is 0.0104. The molecule has 0 spiro atoms. The number of carbonyl (C=O) groups excluding carboxylic acids is 1. The molecule has 1 N–H and O–H groups in total. The Balaban J connectivity index is 1.20. The van der Waals surface area contributed by atoms with Crippen molar-refractivity contribution < 1.29 is 4.79 Å². The number of rotatable bonds is 5. The van der Waals surface area contributed by atoms with Crippen molar-refractivity contribution in [2.75, 3.05) is 11.1 Å². The van der Waals surface area contributed by atoms with Crippen LogP contribution in [0.3, 0.4) is 0 Å². The fourth-order valence-electron chi connectivity index (χ4n) is 3.84. The number of para-hydroxylation sites is 1. The summed E-state index contributed by atoms with van der Waals surface area (Å²) in [5.74, 6) is 2.34. The fraction of sp³-hybridized carbons (Fsp3) is 0.318. The van der Waals surface area contributed by atoms with Gasteiger partial charge in [-0.15, -0.1) is 23.1 Å². The van der Waals surface area contributed by atoms with E-state index < -0.39 is 0 Å². The summed E-state index contributed by atoms with van der Waals surface area (Å²) in [5.41, 5.74) is 3.99. The highest BCUT2D eigenvalue weighted by Gasteiger charge is 2.14. The number of imidazole rings is 1. The minimum Gasteiger partial charge on any atom is -0.328 e. The van der Waals surface area contributed by atoms with Gasteiger partial charge in [0, 0.05) is 24.4 Å². The smallest absolute Gasteiger partial charge is 0.234 e. The van der Waals surface area contributed by atoms with E-state index in [4.69, 9.17) is 4.98 Å². The maximum Gasteiger partial charge on any atom is 0.234 e. The first-order valence-corrected chi connectivity index (χ1v) is 11.9. The van der Waals surface area contributed by atoms with Crippen LogP contribution in [-0.2, 0) is 23.5 Å². The van der Waals surface area contributed by atoms with E-state index in [0.717, 1.165) is 40.4 Å². The van der Waals surface area contributed by atoms with E-state index in [2.05, 4.69) is 27.0 Å². The monoisotopic (exact) mass is 422 g/mol. The van der Waals surface area contributed by atoms with Crippen molar-refractivity contribution >= 4 is 55.9 Å². The van der Waals surface area contributed by atoms with Gasteiger partial charge in [-0.25, -0.2) is 9.97 Å². The van der Waals surface area contributed by atoms with E-state index in [1.165, 1.54) is 35.3 Å². The van der Waals surface area contributed by atoms with E-state index in [-0.39, 0.29) is 5.91 Å². The SMILES string of the molecule is O=C(CSCc1nc2ccccc2s1)Nc1ccc2c(c1)nc1n2CCCCC1. The number of nitrogens with one attached hydrogen (secondary N) is 1. The van der Waals surface area contributed by atoms with Crippen LogP contribution < -0.4 is 5.32 Å². The van der Waals surface area contributed by atoms with Gasteiger partial charge in [0.15, 0.2) is 0 Å². The van der Waals surface area contributed by atoms with E-state index in [1.54, 1.807) is 23.1 Å². The zero-order chi connectivity index (χ0) is 19.6. The highest BCUT2D eigenvalue weighted by Crippen LogP contribution is 2.26. The number of thioether (sulfide) groups is 1. The van der Waals surface area contributed by atoms with Gasteiger partial charge in [0.05, 0.1) is 27.0 Å². The van der Waals surface area contributed by atoms with Crippen molar-refractivity contribution in [2.24, 2.45) is 0 Å². The maximum atomic E-state index is 12.4. The molecule has 0 aliphatic carbocycles. The number of carbonyl (C=O) groups is 1. The zero-order valence-corrected chi connectivity index (χ0v) is 17.7. The Hall–Kier alpha value is -2.38. The van der Waals surface area contributed by atoms with Gasteiger partial charge in [-0.05, 0) is 43.2 Å². The van der Waals surface area contributed by atoms with Gasteiger partial charge >= 0.3 is 0 Å². The molecule has 1 aliphatic rings. The van der Waals surface area contributed by atoms with Crippen molar-refractivity contribution in [3.8, 4) is 0 Å². The van der Waals surface area contributed by atoms with E-state index in [9.17, 15) is 4.79 Å². The average Bonchev–Trinajstić information content (AvgIpc) is 3.20. The highest BCUT2D eigenvalue weighted by atomic mass is 32.2. The lowest BCUT2D eigenvalue weighted by Gasteiger charge is -2.06. The van der Waals surface area contributed by atoms with E-state index in [0.29, 0.717) is 5.75 Å². The van der Waals surface area contributed by atoms with Gasteiger partial charge in [-0.2, -0.15) is 0 Å². The van der Waals surface area contributed by atoms with Gasteiger partial charge in [0.2, 0.25) is 5.91 Å². The largest absolute Gasteiger partial charge is 0.328 e. The number of amides is 1. The molecule has 0 radical (unpaired) electrons. The Morgan fingerprint density at radius 1 is 1.10 bits per heavy atom. The van der Waals surface area contributed by atoms with E-state index >= 15 is 0 Å². The second kappa shape index (κ2) is 8.16. The number of anilines is 1. The van der Waals surface area contributed by atoms with Crippen molar-refractivity contribution in [3.05, 3.63) is 53.3 Å². The maximum absolute atomic E-state index is 12.4. The molecule has 29 heavy (non-hydrogen) atoms. The predicted octanol–water partition coefficient (Wildman–Crippen LogP) is 5.24. The van der Waals surface area contributed by atoms with Crippen molar-refractivity contribution in [1.82, 2.24) is 14.5 Å². The summed E-state index contributed by atoms with van der Waals surface area (Å²) in [6.45, 7) is 1.04. The molecule has 0 saturated carbocycles. The van der Waals surface area contributed by atoms with Gasteiger partial charge in [-0.1, -0.05) is 18.6 Å². The summed E-state index contributed by atoms with van der Waals surface area (Å²) < 4.78 is 3.53. The van der Waals surface area contributed by atoms with Crippen LogP contribution in [0.15, 0.2) is 42.5 Å². The second-order valence-corrected chi connectivity index (χ2v) is 9.41. The lowest BCUT2D eigenvalue weighted by atomic mass is 10.2. The summed E-state index contributed by atoms with van der Waals surface area (Å²) in [5, 5.41) is 4.07. The summed E-state index contributed by atoms with van der Waals surface area (Å²) in [6, 6.07) is 14.2. The molecule has 0 atom stereocenters. The quantitative estimate of drug-likeness (QED) is 0.477. The topological polar surface area (TPSA) is 59.8 Å². The van der Waals surface area contributed by atoms with Crippen LogP contribution in [-0.4, -0.2) is 26.2 Å². The molecule has 0 saturated heterocycles. The third-order valence-electron chi connectivity index (χ3n) is 5.19. The number of aromatic nitrogens is 3. The molecular weight excluding hydrogens is 400 g/mol. The van der Waals surface area contributed by atoms with Crippen LogP contribution in [0.5, 0.6) is 0 Å². The first-order valence-electron chi connectivity index (χ1n) is 9.97. The zero-order valence-electron chi connectivity index (χ0n) is 16.1. The van der Waals surface area contributed by atoms with Gasteiger partial charge in [0.25, 0.3) is 0 Å². The van der Waals surface area contributed by atoms with Gasteiger partial charge in [-0.3, -0.25) is 4.79 Å². The fourth-order valence-corrected chi connectivity index (χ4v) is 5.68. The van der Waals surface area contributed by atoms with Gasteiger partial charge in [0.1, 0.15) is 10.8 Å². The number of nitrogens with zero attached hydrogens (tertiary/aromatic N) is 3. The summed E-state index contributed by atoms with van der Waals surface area (Å²) in [7, 11) is 0. The van der Waals surface area contributed by atoms with E-state index in [1.807, 2.05) is 30.3 Å². The molecule has 0 bridgehead atoms. The van der Waals surface area contributed by atoms with Crippen LogP contribution in [0.1, 0.15) is 30.1 Å². The molecular formula is C22H22N4OS2. The van der Waals surface area contributed by atoms with Crippen molar-refractivity contribution in [1.29, 1.82) is 0 Å². The van der Waals surface area contributed by atoms with Crippen molar-refractivity contribution in [3.63, 3.8) is 0 Å². The molecule has 7 heteroatoms. The van der Waals surface area contributed by atoms with Crippen molar-refractivity contribution in [2.45, 2.75) is 38.0 Å². The summed E-state index contributed by atoms with van der Waals surface area (Å²) >= 11 is 3.29. The highest BCUT2D eigenvalue weighted by molar-refractivity contribution is 7.99. The molecule has 3 heterocycles. The third-order valence-corrected chi connectivity index (χ3v) is 7.35. The molecule has 5 nitrogen and oxygen atoms in total. The molecule has 0 unspecified atom stereocenters. The molecule has 1 amide bonds. The molecule has 5 rings (SSSR count). The molecule has 1 aliphatic heterocycles. The summed E-state index contributed by atoms with van der Waals surface area (Å²) in [6.07, 6.45) is 4.73. The Bertz CT molecular complexity index is 1150. The molecule has 2 aromatic heterocycles. The third kappa shape index (κ3) is 4.02. The lowest BCUT2D eigenvalue weighted by molar-refractivity contribution is -0.113. The van der Waals surface area contributed by atoms with Gasteiger partial charge < -0.3 is 9.88 Å². The normalized spacial score (nSPS) is 14.1. The lowest BCUT2D eigenvalue weighted by Crippen LogP contribution is -2.14. The number of hydrogen-bond donors (Lipinski definition) is 1. The number of benzene rings is 2.